The number of hydrogen-bond acceptors (Lipinski definition) is 4. The van der Waals surface area contributed by atoms with Gasteiger partial charge in [0.25, 0.3) is 5.91 Å². The quantitative estimate of drug-likeness (QED) is 0.589. The van der Waals surface area contributed by atoms with Crippen molar-refractivity contribution in [1.29, 1.82) is 0 Å². The molecule has 2 aromatic carbocycles. The van der Waals surface area contributed by atoms with Gasteiger partial charge in [0.05, 0.1) is 0 Å². The maximum atomic E-state index is 12.0. The number of esters is 1. The van der Waals surface area contributed by atoms with Crippen molar-refractivity contribution in [2.45, 2.75) is 30.9 Å². The third kappa shape index (κ3) is 6.11. The van der Waals surface area contributed by atoms with Crippen LogP contribution in [0.25, 0.3) is 0 Å². The molecule has 1 amide bonds. The van der Waals surface area contributed by atoms with Crippen molar-refractivity contribution in [2.75, 3.05) is 11.9 Å². The molecule has 1 atom stereocenters. The molecular formula is C19H20ClNO3S. The number of amides is 1. The molecule has 25 heavy (non-hydrogen) atoms. The van der Waals surface area contributed by atoms with Crippen LogP contribution in [0.2, 0.25) is 5.02 Å². The van der Waals surface area contributed by atoms with Crippen molar-refractivity contribution < 1.29 is 14.3 Å². The minimum Gasteiger partial charge on any atom is -0.455 e. The fourth-order valence-corrected chi connectivity index (χ4v) is 3.07. The van der Waals surface area contributed by atoms with E-state index in [9.17, 15) is 9.59 Å². The average Bonchev–Trinajstić information content (AvgIpc) is 2.58. The second-order valence-corrected chi connectivity index (χ2v) is 7.54. The Morgan fingerprint density at radius 1 is 1.16 bits per heavy atom. The van der Waals surface area contributed by atoms with Gasteiger partial charge in [-0.3, -0.25) is 9.59 Å². The first-order valence-electron chi connectivity index (χ1n) is 7.81. The Morgan fingerprint density at radius 3 is 2.52 bits per heavy atom. The van der Waals surface area contributed by atoms with Crippen LogP contribution in [0, 0.1) is 13.8 Å². The van der Waals surface area contributed by atoms with Crippen LogP contribution in [-0.2, 0) is 14.3 Å². The molecule has 0 aromatic heterocycles. The average molecular weight is 378 g/mol. The standard InChI is InChI=1S/C19H20ClNO3S/c1-12-4-5-13(2)17(10-12)21-18(22)11-24-19(23)14(3)25-16-8-6-15(20)7-9-16/h4-10,14H,11H2,1-3H3,(H,21,22)/t14-/m0/s1. The number of anilines is 1. The molecular weight excluding hydrogens is 358 g/mol. The molecule has 0 aliphatic carbocycles. The number of hydrogen-bond donors (Lipinski definition) is 1. The highest BCUT2D eigenvalue weighted by Crippen LogP contribution is 2.25. The number of ether oxygens (including phenoxy) is 1. The van der Waals surface area contributed by atoms with Crippen LogP contribution >= 0.6 is 23.4 Å². The van der Waals surface area contributed by atoms with Gasteiger partial charge in [-0.1, -0.05) is 23.7 Å². The molecule has 0 fully saturated rings. The van der Waals surface area contributed by atoms with E-state index in [1.165, 1.54) is 11.8 Å². The van der Waals surface area contributed by atoms with Crippen molar-refractivity contribution in [3.8, 4) is 0 Å². The highest BCUT2D eigenvalue weighted by atomic mass is 35.5. The number of benzene rings is 2. The number of nitrogens with one attached hydrogen (secondary N) is 1. The lowest BCUT2D eigenvalue weighted by atomic mass is 10.1. The lowest BCUT2D eigenvalue weighted by molar-refractivity contribution is -0.146. The maximum Gasteiger partial charge on any atom is 0.319 e. The van der Waals surface area contributed by atoms with Crippen LogP contribution < -0.4 is 5.32 Å². The summed E-state index contributed by atoms with van der Waals surface area (Å²) >= 11 is 7.19. The zero-order valence-electron chi connectivity index (χ0n) is 14.3. The number of aryl methyl sites for hydroxylation is 2. The largest absolute Gasteiger partial charge is 0.455 e. The minimum absolute atomic E-state index is 0.308. The van der Waals surface area contributed by atoms with Crippen LogP contribution in [0.3, 0.4) is 0 Å². The lowest BCUT2D eigenvalue weighted by Crippen LogP contribution is -2.25. The third-order valence-electron chi connectivity index (χ3n) is 3.47. The van der Waals surface area contributed by atoms with Gasteiger partial charge in [-0.2, -0.15) is 0 Å². The van der Waals surface area contributed by atoms with Crippen molar-refractivity contribution in [1.82, 2.24) is 0 Å². The smallest absolute Gasteiger partial charge is 0.319 e. The first-order valence-corrected chi connectivity index (χ1v) is 9.07. The highest BCUT2D eigenvalue weighted by molar-refractivity contribution is 8.00. The summed E-state index contributed by atoms with van der Waals surface area (Å²) in [4.78, 5) is 24.9. The van der Waals surface area contributed by atoms with E-state index in [1.807, 2.05) is 44.2 Å². The summed E-state index contributed by atoms with van der Waals surface area (Å²) in [7, 11) is 0. The van der Waals surface area contributed by atoms with Gasteiger partial charge in [0, 0.05) is 15.6 Å². The zero-order valence-corrected chi connectivity index (χ0v) is 15.9. The molecule has 0 saturated carbocycles. The van der Waals surface area contributed by atoms with Crippen LogP contribution in [0.1, 0.15) is 18.1 Å². The van der Waals surface area contributed by atoms with Gasteiger partial charge in [0.1, 0.15) is 5.25 Å². The number of halogens is 1. The summed E-state index contributed by atoms with van der Waals surface area (Å²) in [6, 6.07) is 13.0. The van der Waals surface area contributed by atoms with E-state index in [2.05, 4.69) is 5.32 Å². The molecule has 0 heterocycles. The Hall–Kier alpha value is -1.98. The van der Waals surface area contributed by atoms with Crippen LogP contribution in [-0.4, -0.2) is 23.7 Å². The van der Waals surface area contributed by atoms with Gasteiger partial charge < -0.3 is 10.1 Å². The Balaban J connectivity index is 1.83. The van der Waals surface area contributed by atoms with Crippen molar-refractivity contribution >= 4 is 40.9 Å². The van der Waals surface area contributed by atoms with Crippen LogP contribution in [0.15, 0.2) is 47.4 Å². The molecule has 0 bridgehead atoms. The monoisotopic (exact) mass is 377 g/mol. The Kier molecular flexibility index (Phi) is 6.91. The highest BCUT2D eigenvalue weighted by Gasteiger charge is 2.17. The number of carbonyl (C=O) groups is 2. The van der Waals surface area contributed by atoms with Crippen molar-refractivity contribution in [3.05, 3.63) is 58.6 Å². The molecule has 0 spiro atoms. The summed E-state index contributed by atoms with van der Waals surface area (Å²) in [5.41, 5.74) is 2.73. The van der Waals surface area contributed by atoms with E-state index in [1.54, 1.807) is 19.1 Å². The van der Waals surface area contributed by atoms with Crippen LogP contribution in [0.4, 0.5) is 5.69 Å². The van der Waals surface area contributed by atoms with E-state index >= 15 is 0 Å². The third-order valence-corrected chi connectivity index (χ3v) is 4.81. The van der Waals surface area contributed by atoms with Gasteiger partial charge in [-0.15, -0.1) is 11.8 Å². The van der Waals surface area contributed by atoms with Gasteiger partial charge >= 0.3 is 5.97 Å². The molecule has 0 aliphatic rings. The molecule has 132 valence electrons. The predicted molar refractivity (Wildman–Crippen MR) is 102 cm³/mol. The van der Waals surface area contributed by atoms with Gasteiger partial charge in [-0.05, 0) is 62.2 Å². The van der Waals surface area contributed by atoms with E-state index in [0.717, 1.165) is 21.7 Å². The van der Waals surface area contributed by atoms with Gasteiger partial charge in [0.2, 0.25) is 0 Å². The summed E-state index contributed by atoms with van der Waals surface area (Å²) in [6.45, 7) is 5.29. The SMILES string of the molecule is Cc1ccc(C)c(NC(=O)COC(=O)[C@H](C)Sc2ccc(Cl)cc2)c1. The normalized spacial score (nSPS) is 11.7. The second-order valence-electron chi connectivity index (χ2n) is 5.69. The summed E-state index contributed by atoms with van der Waals surface area (Å²) < 4.78 is 5.11. The first-order chi connectivity index (χ1) is 11.8. The molecule has 6 heteroatoms. The van der Waals surface area contributed by atoms with Gasteiger partial charge in [0.15, 0.2) is 6.61 Å². The second kappa shape index (κ2) is 8.92. The lowest BCUT2D eigenvalue weighted by Gasteiger charge is -2.12. The predicted octanol–water partition coefficient (Wildman–Crippen LogP) is 4.62. The van der Waals surface area contributed by atoms with E-state index in [0.29, 0.717) is 5.02 Å². The van der Waals surface area contributed by atoms with E-state index in [4.69, 9.17) is 16.3 Å². The Bertz CT molecular complexity index is 762. The topological polar surface area (TPSA) is 55.4 Å². The van der Waals surface area contributed by atoms with Gasteiger partial charge in [-0.25, -0.2) is 0 Å². The molecule has 1 N–H and O–H groups in total. The number of carbonyl (C=O) groups excluding carboxylic acids is 2. The summed E-state index contributed by atoms with van der Waals surface area (Å²) in [6.07, 6.45) is 0. The van der Waals surface area contributed by atoms with E-state index < -0.39 is 11.2 Å². The maximum absolute atomic E-state index is 12.0. The molecule has 2 aromatic rings. The zero-order chi connectivity index (χ0) is 18.4. The Labute approximate surface area is 156 Å². The number of thioether (sulfide) groups is 1. The number of rotatable bonds is 6. The summed E-state index contributed by atoms with van der Waals surface area (Å²) in [5.74, 6) is -0.790. The van der Waals surface area contributed by atoms with Crippen molar-refractivity contribution in [2.24, 2.45) is 0 Å². The fourth-order valence-electron chi connectivity index (χ4n) is 2.08. The molecule has 0 unspecified atom stereocenters. The fraction of sp³-hybridized carbons (Fsp3) is 0.263. The van der Waals surface area contributed by atoms with E-state index in [-0.39, 0.29) is 12.5 Å². The first kappa shape index (κ1) is 19.3. The molecule has 2 rings (SSSR count). The van der Waals surface area contributed by atoms with Crippen LogP contribution in [0.5, 0.6) is 0 Å². The molecule has 0 radical (unpaired) electrons. The summed E-state index contributed by atoms with van der Waals surface area (Å²) in [5, 5.41) is 2.98. The molecule has 0 aliphatic heterocycles. The molecule has 4 nitrogen and oxygen atoms in total. The Morgan fingerprint density at radius 2 is 1.84 bits per heavy atom. The minimum atomic E-state index is -0.434. The molecule has 0 saturated heterocycles. The van der Waals surface area contributed by atoms with Crippen molar-refractivity contribution in [3.63, 3.8) is 0 Å².